The van der Waals surface area contributed by atoms with Crippen molar-refractivity contribution in [2.75, 3.05) is 11.9 Å². The fourth-order valence-corrected chi connectivity index (χ4v) is 2.21. The molecule has 0 bridgehead atoms. The zero-order valence-electron chi connectivity index (χ0n) is 11.5. The molecule has 2 rings (SSSR count). The topological polar surface area (TPSA) is 75.4 Å². The molecule has 2 aromatic carbocycles. The monoisotopic (exact) mass is 306 g/mol. The highest BCUT2D eigenvalue weighted by molar-refractivity contribution is 6.31. The molecule has 0 fully saturated rings. The summed E-state index contributed by atoms with van der Waals surface area (Å²) >= 11 is 5.95. The van der Waals surface area contributed by atoms with Crippen molar-refractivity contribution >= 4 is 28.7 Å². The van der Waals surface area contributed by atoms with Crippen LogP contribution in [0.5, 0.6) is 0 Å². The lowest BCUT2D eigenvalue weighted by Crippen LogP contribution is -2.01. The van der Waals surface area contributed by atoms with Crippen LogP contribution in [-0.4, -0.2) is 16.6 Å². The fourth-order valence-electron chi connectivity index (χ4n) is 2.05. The highest BCUT2D eigenvalue weighted by Crippen LogP contribution is 2.33. The molecule has 2 aromatic rings. The van der Waals surface area contributed by atoms with Gasteiger partial charge in [0.25, 0.3) is 5.69 Å². The maximum atomic E-state index is 11.2. The zero-order chi connectivity index (χ0) is 15.4. The van der Waals surface area contributed by atoms with Crippen molar-refractivity contribution in [2.45, 2.75) is 13.3 Å². The molecular weight excluding hydrogens is 292 g/mol. The van der Waals surface area contributed by atoms with Gasteiger partial charge in [-0.05, 0) is 36.6 Å². The third kappa shape index (κ3) is 3.51. The third-order valence-electron chi connectivity index (χ3n) is 3.14. The maximum Gasteiger partial charge on any atom is 0.294 e. The molecule has 5 nitrogen and oxygen atoms in total. The summed E-state index contributed by atoms with van der Waals surface area (Å²) in [5.41, 5.74) is 2.68. The Morgan fingerprint density at radius 3 is 2.67 bits per heavy atom. The van der Waals surface area contributed by atoms with Gasteiger partial charge in [-0.25, -0.2) is 0 Å². The normalized spacial score (nSPS) is 10.4. The van der Waals surface area contributed by atoms with Crippen LogP contribution in [0.2, 0.25) is 5.02 Å². The molecule has 0 radical (unpaired) electrons. The summed E-state index contributed by atoms with van der Waals surface area (Å²) in [6, 6.07) is 10.4. The molecule has 0 aromatic heterocycles. The molecule has 0 atom stereocenters. The number of benzene rings is 2. The minimum absolute atomic E-state index is 0.0143. The molecule has 0 aliphatic rings. The van der Waals surface area contributed by atoms with Crippen molar-refractivity contribution < 1.29 is 10.0 Å². The third-order valence-corrected chi connectivity index (χ3v) is 3.55. The van der Waals surface area contributed by atoms with E-state index < -0.39 is 4.92 Å². The largest absolute Gasteiger partial charge is 0.396 e. The number of halogens is 1. The van der Waals surface area contributed by atoms with E-state index in [1.165, 1.54) is 6.07 Å². The Kier molecular flexibility index (Phi) is 4.77. The Bertz CT molecular complexity index is 674. The zero-order valence-corrected chi connectivity index (χ0v) is 12.2. The number of anilines is 2. The maximum absolute atomic E-state index is 11.2. The van der Waals surface area contributed by atoms with Gasteiger partial charge < -0.3 is 10.4 Å². The number of rotatable bonds is 5. The van der Waals surface area contributed by atoms with Gasteiger partial charge in [0.05, 0.1) is 9.95 Å². The van der Waals surface area contributed by atoms with E-state index in [9.17, 15) is 10.1 Å². The Balaban J connectivity index is 2.44. The number of nitro groups is 1. The predicted octanol–water partition coefficient (Wildman–Crippen LogP) is 3.84. The van der Waals surface area contributed by atoms with Crippen LogP contribution < -0.4 is 5.32 Å². The molecule has 0 saturated heterocycles. The first-order valence-corrected chi connectivity index (χ1v) is 6.81. The Hall–Kier alpha value is -2.11. The lowest BCUT2D eigenvalue weighted by molar-refractivity contribution is -0.383. The average molecular weight is 307 g/mol. The number of aliphatic hydroxyl groups excluding tert-OH is 1. The van der Waals surface area contributed by atoms with E-state index in [-0.39, 0.29) is 12.3 Å². The Morgan fingerprint density at radius 1 is 1.29 bits per heavy atom. The van der Waals surface area contributed by atoms with Gasteiger partial charge in [-0.2, -0.15) is 0 Å². The molecule has 0 aliphatic heterocycles. The van der Waals surface area contributed by atoms with Crippen LogP contribution in [0.4, 0.5) is 17.1 Å². The van der Waals surface area contributed by atoms with Crippen LogP contribution >= 0.6 is 11.6 Å². The van der Waals surface area contributed by atoms with Crippen molar-refractivity contribution in [3.05, 3.63) is 62.7 Å². The summed E-state index contributed by atoms with van der Waals surface area (Å²) in [4.78, 5) is 10.7. The van der Waals surface area contributed by atoms with E-state index in [1.807, 2.05) is 24.3 Å². The van der Waals surface area contributed by atoms with E-state index in [1.54, 1.807) is 13.0 Å². The van der Waals surface area contributed by atoms with Crippen LogP contribution in [0.25, 0.3) is 0 Å². The second-order valence-electron chi connectivity index (χ2n) is 4.63. The van der Waals surface area contributed by atoms with Crippen LogP contribution in [0.3, 0.4) is 0 Å². The van der Waals surface area contributed by atoms with E-state index in [4.69, 9.17) is 16.7 Å². The lowest BCUT2D eigenvalue weighted by atomic mass is 10.1. The molecule has 0 heterocycles. The van der Waals surface area contributed by atoms with Gasteiger partial charge >= 0.3 is 0 Å². The molecule has 21 heavy (non-hydrogen) atoms. The van der Waals surface area contributed by atoms with Gasteiger partial charge in [-0.1, -0.05) is 29.8 Å². The SMILES string of the molecule is Cc1cc(Nc2ccccc2CCO)c([N+](=O)[O-])cc1Cl. The second kappa shape index (κ2) is 6.56. The Morgan fingerprint density at radius 2 is 2.00 bits per heavy atom. The van der Waals surface area contributed by atoms with E-state index >= 15 is 0 Å². The number of nitro benzene ring substituents is 1. The highest BCUT2D eigenvalue weighted by atomic mass is 35.5. The Labute approximate surface area is 127 Å². The summed E-state index contributed by atoms with van der Waals surface area (Å²) in [5, 5.41) is 23.7. The van der Waals surface area contributed by atoms with Gasteiger partial charge in [-0.15, -0.1) is 0 Å². The standard InChI is InChI=1S/C15H15ClN2O3/c1-10-8-14(15(18(20)21)9-12(10)16)17-13-5-3-2-4-11(13)6-7-19/h2-5,8-9,17,19H,6-7H2,1H3. The van der Waals surface area contributed by atoms with Crippen LogP contribution in [0, 0.1) is 17.0 Å². The lowest BCUT2D eigenvalue weighted by Gasteiger charge is -2.12. The summed E-state index contributed by atoms with van der Waals surface area (Å²) in [5.74, 6) is 0. The van der Waals surface area contributed by atoms with Crippen molar-refractivity contribution in [1.82, 2.24) is 0 Å². The average Bonchev–Trinajstić information content (AvgIpc) is 2.44. The minimum Gasteiger partial charge on any atom is -0.396 e. The van der Waals surface area contributed by atoms with Gasteiger partial charge in [0.2, 0.25) is 0 Å². The quantitative estimate of drug-likeness (QED) is 0.650. The predicted molar refractivity (Wildman–Crippen MR) is 83.4 cm³/mol. The van der Waals surface area contributed by atoms with E-state index in [0.29, 0.717) is 17.1 Å². The number of hydrogen-bond donors (Lipinski definition) is 2. The first-order valence-electron chi connectivity index (χ1n) is 6.43. The molecule has 0 unspecified atom stereocenters. The molecule has 0 saturated carbocycles. The van der Waals surface area contributed by atoms with Crippen LogP contribution in [-0.2, 0) is 6.42 Å². The number of nitrogens with zero attached hydrogens (tertiary/aromatic N) is 1. The smallest absolute Gasteiger partial charge is 0.294 e. The summed E-state index contributed by atoms with van der Waals surface area (Å²) in [7, 11) is 0. The fraction of sp³-hybridized carbons (Fsp3) is 0.200. The van der Waals surface area contributed by atoms with Gasteiger partial charge in [0.15, 0.2) is 0 Å². The van der Waals surface area contributed by atoms with Crippen LogP contribution in [0.1, 0.15) is 11.1 Å². The summed E-state index contributed by atoms with van der Waals surface area (Å²) in [6.07, 6.45) is 0.476. The van der Waals surface area contributed by atoms with Crippen molar-refractivity contribution in [2.24, 2.45) is 0 Å². The molecular formula is C15H15ClN2O3. The van der Waals surface area contributed by atoms with Crippen molar-refractivity contribution in [3.8, 4) is 0 Å². The number of aryl methyl sites for hydroxylation is 1. The minimum atomic E-state index is -0.470. The highest BCUT2D eigenvalue weighted by Gasteiger charge is 2.17. The number of hydrogen-bond acceptors (Lipinski definition) is 4. The van der Waals surface area contributed by atoms with Gasteiger partial charge in [0.1, 0.15) is 5.69 Å². The summed E-state index contributed by atoms with van der Waals surface area (Å²) in [6.45, 7) is 1.80. The van der Waals surface area contributed by atoms with Gasteiger partial charge in [-0.3, -0.25) is 10.1 Å². The molecule has 2 N–H and O–H groups in total. The van der Waals surface area contributed by atoms with Crippen molar-refractivity contribution in [1.29, 1.82) is 0 Å². The number of aliphatic hydroxyl groups is 1. The second-order valence-corrected chi connectivity index (χ2v) is 5.04. The molecule has 0 amide bonds. The number of nitrogens with one attached hydrogen (secondary N) is 1. The summed E-state index contributed by atoms with van der Waals surface area (Å²) < 4.78 is 0. The number of para-hydroxylation sites is 1. The van der Waals surface area contributed by atoms with E-state index in [2.05, 4.69) is 5.32 Å². The van der Waals surface area contributed by atoms with Crippen LogP contribution in [0.15, 0.2) is 36.4 Å². The van der Waals surface area contributed by atoms with Crippen molar-refractivity contribution in [3.63, 3.8) is 0 Å². The molecule has 0 aliphatic carbocycles. The first kappa shape index (κ1) is 15.3. The molecule has 6 heteroatoms. The van der Waals surface area contributed by atoms with E-state index in [0.717, 1.165) is 16.8 Å². The molecule has 110 valence electrons. The molecule has 0 spiro atoms. The van der Waals surface area contributed by atoms with Gasteiger partial charge in [0, 0.05) is 18.4 Å². The first-order chi connectivity index (χ1) is 10.0.